The summed E-state index contributed by atoms with van der Waals surface area (Å²) >= 11 is 0. The molecule has 2 heterocycles. The number of likely N-dealkylation sites (tertiary alicyclic amines) is 1. The Labute approximate surface area is 117 Å². The van der Waals surface area contributed by atoms with Gasteiger partial charge in [0.1, 0.15) is 0 Å². The average Bonchev–Trinajstić information content (AvgIpc) is 2.41. The van der Waals surface area contributed by atoms with Crippen LogP contribution in [0.4, 0.5) is 10.5 Å². The van der Waals surface area contributed by atoms with Crippen molar-refractivity contribution in [2.24, 2.45) is 5.92 Å². The number of rotatable bonds is 3. The summed E-state index contributed by atoms with van der Waals surface area (Å²) in [5.74, 6) is -0.762. The van der Waals surface area contributed by atoms with Crippen LogP contribution in [0.15, 0.2) is 18.5 Å². The molecule has 1 saturated heterocycles. The maximum Gasteiger partial charge on any atom is 0.321 e. The van der Waals surface area contributed by atoms with Crippen LogP contribution in [0.5, 0.6) is 0 Å². The van der Waals surface area contributed by atoms with Crippen molar-refractivity contribution in [2.45, 2.75) is 26.2 Å². The molecular formula is C14H19N3O3. The van der Waals surface area contributed by atoms with Crippen LogP contribution in [-0.4, -0.2) is 40.1 Å². The number of nitrogens with zero attached hydrogens (tertiary/aromatic N) is 2. The number of hydrogen-bond acceptors (Lipinski definition) is 3. The average molecular weight is 277 g/mol. The Bertz CT molecular complexity index is 504. The van der Waals surface area contributed by atoms with Crippen molar-refractivity contribution in [1.82, 2.24) is 9.88 Å². The third kappa shape index (κ3) is 3.69. The van der Waals surface area contributed by atoms with Gasteiger partial charge in [-0.25, -0.2) is 4.79 Å². The van der Waals surface area contributed by atoms with E-state index in [0.29, 0.717) is 18.8 Å². The maximum atomic E-state index is 12.2. The van der Waals surface area contributed by atoms with Gasteiger partial charge >= 0.3 is 12.0 Å². The van der Waals surface area contributed by atoms with Gasteiger partial charge in [0.2, 0.25) is 0 Å². The predicted molar refractivity (Wildman–Crippen MR) is 74.5 cm³/mol. The molecule has 0 aromatic carbocycles. The third-order valence-electron chi connectivity index (χ3n) is 3.55. The van der Waals surface area contributed by atoms with E-state index in [1.165, 1.54) is 0 Å². The van der Waals surface area contributed by atoms with Gasteiger partial charge in [-0.3, -0.25) is 9.78 Å². The molecule has 20 heavy (non-hydrogen) atoms. The lowest BCUT2D eigenvalue weighted by molar-refractivity contribution is -0.138. The highest BCUT2D eigenvalue weighted by Gasteiger charge is 2.25. The summed E-state index contributed by atoms with van der Waals surface area (Å²) in [4.78, 5) is 28.6. The third-order valence-corrected chi connectivity index (χ3v) is 3.55. The topological polar surface area (TPSA) is 82.5 Å². The molecule has 0 bridgehead atoms. The largest absolute Gasteiger partial charge is 0.481 e. The Hall–Kier alpha value is -2.11. The number of aliphatic carboxylic acids is 1. The van der Waals surface area contributed by atoms with Gasteiger partial charge in [-0.1, -0.05) is 0 Å². The zero-order chi connectivity index (χ0) is 14.5. The number of carboxylic acid groups (broad SMARTS) is 1. The van der Waals surface area contributed by atoms with E-state index in [2.05, 4.69) is 10.3 Å². The molecule has 0 saturated carbocycles. The minimum Gasteiger partial charge on any atom is -0.481 e. The molecule has 0 aliphatic carbocycles. The molecule has 6 nitrogen and oxygen atoms in total. The highest BCUT2D eigenvalue weighted by Crippen LogP contribution is 2.21. The Morgan fingerprint density at radius 3 is 3.05 bits per heavy atom. The van der Waals surface area contributed by atoms with Crippen molar-refractivity contribution >= 4 is 17.7 Å². The van der Waals surface area contributed by atoms with Gasteiger partial charge in [0, 0.05) is 25.7 Å². The van der Waals surface area contributed by atoms with Crippen molar-refractivity contribution in [3.8, 4) is 0 Å². The summed E-state index contributed by atoms with van der Waals surface area (Å²) in [5, 5.41) is 11.7. The number of carbonyl (C=O) groups is 2. The molecule has 0 radical (unpaired) electrons. The molecular weight excluding hydrogens is 258 g/mol. The molecule has 1 aliphatic rings. The van der Waals surface area contributed by atoms with E-state index in [-0.39, 0.29) is 18.4 Å². The molecule has 1 atom stereocenters. The number of amides is 2. The second kappa shape index (κ2) is 6.36. The molecule has 1 aromatic rings. The minimum atomic E-state index is -0.805. The van der Waals surface area contributed by atoms with Gasteiger partial charge in [0.15, 0.2) is 0 Å². The lowest BCUT2D eigenvalue weighted by atomic mass is 9.95. The van der Waals surface area contributed by atoms with Crippen molar-refractivity contribution in [3.05, 3.63) is 24.0 Å². The second-order valence-corrected chi connectivity index (χ2v) is 5.17. The Kier molecular flexibility index (Phi) is 4.55. The zero-order valence-corrected chi connectivity index (χ0v) is 11.5. The van der Waals surface area contributed by atoms with Gasteiger partial charge in [-0.05, 0) is 37.3 Å². The van der Waals surface area contributed by atoms with E-state index in [0.717, 1.165) is 18.4 Å². The van der Waals surface area contributed by atoms with E-state index < -0.39 is 5.97 Å². The molecule has 2 amide bonds. The second-order valence-electron chi connectivity index (χ2n) is 5.17. The fourth-order valence-electron chi connectivity index (χ4n) is 2.45. The summed E-state index contributed by atoms with van der Waals surface area (Å²) in [6.45, 7) is 3.07. The number of pyridine rings is 1. The SMILES string of the molecule is Cc1ccncc1NC(=O)N1CCCC(CC(=O)O)C1. The maximum absolute atomic E-state index is 12.2. The van der Waals surface area contributed by atoms with Gasteiger partial charge in [-0.15, -0.1) is 0 Å². The first-order valence-electron chi connectivity index (χ1n) is 6.74. The van der Waals surface area contributed by atoms with Crippen molar-refractivity contribution < 1.29 is 14.7 Å². The van der Waals surface area contributed by atoms with Crippen LogP contribution in [0.1, 0.15) is 24.8 Å². The van der Waals surface area contributed by atoms with Crippen LogP contribution < -0.4 is 5.32 Å². The number of carboxylic acids is 1. The first-order chi connectivity index (χ1) is 9.56. The standard InChI is InChI=1S/C14H19N3O3/c1-10-4-5-15-8-12(10)16-14(20)17-6-2-3-11(9-17)7-13(18)19/h4-5,8,11H,2-3,6-7,9H2,1H3,(H,16,20)(H,18,19). The smallest absolute Gasteiger partial charge is 0.321 e. The molecule has 1 fully saturated rings. The van der Waals surface area contributed by atoms with Crippen LogP contribution in [0, 0.1) is 12.8 Å². The van der Waals surface area contributed by atoms with Gasteiger partial charge in [-0.2, -0.15) is 0 Å². The first kappa shape index (κ1) is 14.3. The molecule has 1 aliphatic heterocycles. The van der Waals surface area contributed by atoms with Crippen molar-refractivity contribution in [2.75, 3.05) is 18.4 Å². The molecule has 108 valence electrons. The van der Waals surface area contributed by atoms with Crippen LogP contribution in [0.2, 0.25) is 0 Å². The number of aromatic nitrogens is 1. The lowest BCUT2D eigenvalue weighted by Gasteiger charge is -2.32. The number of hydrogen-bond donors (Lipinski definition) is 2. The minimum absolute atomic E-state index is 0.0435. The van der Waals surface area contributed by atoms with Crippen LogP contribution in [0.25, 0.3) is 0 Å². The van der Waals surface area contributed by atoms with E-state index in [9.17, 15) is 9.59 Å². The normalized spacial score (nSPS) is 18.6. The first-order valence-corrected chi connectivity index (χ1v) is 6.74. The van der Waals surface area contributed by atoms with Crippen molar-refractivity contribution in [1.29, 1.82) is 0 Å². The van der Waals surface area contributed by atoms with E-state index in [1.54, 1.807) is 17.3 Å². The number of carbonyl (C=O) groups excluding carboxylic acids is 1. The fourth-order valence-corrected chi connectivity index (χ4v) is 2.45. The van der Waals surface area contributed by atoms with Gasteiger partial charge < -0.3 is 15.3 Å². The Balaban J connectivity index is 1.95. The lowest BCUT2D eigenvalue weighted by Crippen LogP contribution is -2.42. The fraction of sp³-hybridized carbons (Fsp3) is 0.500. The molecule has 6 heteroatoms. The molecule has 2 N–H and O–H groups in total. The quantitative estimate of drug-likeness (QED) is 0.886. The highest BCUT2D eigenvalue weighted by molar-refractivity contribution is 5.90. The highest BCUT2D eigenvalue weighted by atomic mass is 16.4. The van der Waals surface area contributed by atoms with Gasteiger partial charge in [0.05, 0.1) is 11.9 Å². The molecule has 0 spiro atoms. The number of urea groups is 1. The predicted octanol–water partition coefficient (Wildman–Crippen LogP) is 2.11. The summed E-state index contributed by atoms with van der Waals surface area (Å²) in [7, 11) is 0. The number of nitrogens with one attached hydrogen (secondary N) is 1. The van der Waals surface area contributed by atoms with E-state index in [1.807, 2.05) is 13.0 Å². The summed E-state index contributed by atoms with van der Waals surface area (Å²) in [5.41, 5.74) is 1.64. The summed E-state index contributed by atoms with van der Waals surface area (Å²) < 4.78 is 0. The van der Waals surface area contributed by atoms with Crippen molar-refractivity contribution in [3.63, 3.8) is 0 Å². The summed E-state index contributed by atoms with van der Waals surface area (Å²) in [6.07, 6.45) is 5.12. The Morgan fingerprint density at radius 1 is 1.55 bits per heavy atom. The van der Waals surface area contributed by atoms with Crippen LogP contribution in [0.3, 0.4) is 0 Å². The molecule has 1 aromatic heterocycles. The number of aryl methyl sites for hydroxylation is 1. The van der Waals surface area contributed by atoms with Gasteiger partial charge in [0.25, 0.3) is 0 Å². The zero-order valence-electron chi connectivity index (χ0n) is 11.5. The number of anilines is 1. The molecule has 2 rings (SSSR count). The number of piperidine rings is 1. The van der Waals surface area contributed by atoms with E-state index in [4.69, 9.17) is 5.11 Å². The van der Waals surface area contributed by atoms with E-state index >= 15 is 0 Å². The molecule has 1 unspecified atom stereocenters. The monoisotopic (exact) mass is 277 g/mol. The summed E-state index contributed by atoms with van der Waals surface area (Å²) in [6, 6.07) is 1.65. The Morgan fingerprint density at radius 2 is 2.35 bits per heavy atom. The van der Waals surface area contributed by atoms with Crippen LogP contribution in [-0.2, 0) is 4.79 Å². The van der Waals surface area contributed by atoms with Crippen LogP contribution >= 0.6 is 0 Å².